The molecule has 0 aliphatic heterocycles. The van der Waals surface area contributed by atoms with E-state index in [0.717, 1.165) is 24.5 Å². The lowest BCUT2D eigenvalue weighted by atomic mass is 10.5. The largest absolute Gasteiger partial charge is 0.405 e. The summed E-state index contributed by atoms with van der Waals surface area (Å²) in [5.74, 6) is 2.13. The van der Waals surface area contributed by atoms with Gasteiger partial charge in [-0.15, -0.1) is 0 Å². The number of hydrogen-bond acceptors (Lipinski definition) is 4. The predicted molar refractivity (Wildman–Crippen MR) is 51.9 cm³/mol. The van der Waals surface area contributed by atoms with Crippen LogP contribution in [0.4, 0.5) is 0 Å². The molecule has 0 spiro atoms. The predicted octanol–water partition coefficient (Wildman–Crippen LogP) is 1.19. The minimum absolute atomic E-state index is 0.792. The van der Waals surface area contributed by atoms with Gasteiger partial charge in [-0.1, -0.05) is 27.7 Å². The van der Waals surface area contributed by atoms with Crippen LogP contribution in [0.3, 0.4) is 0 Å². The van der Waals surface area contributed by atoms with Crippen molar-refractivity contribution >= 4 is 21.6 Å². The van der Waals surface area contributed by atoms with Gasteiger partial charge in [-0.2, -0.15) is 0 Å². The Morgan fingerprint density at radius 2 is 2.10 bits per heavy atom. The Kier molecular flexibility index (Phi) is 9.38. The van der Waals surface area contributed by atoms with Crippen molar-refractivity contribution in [2.24, 2.45) is 11.5 Å². The van der Waals surface area contributed by atoms with Gasteiger partial charge in [0.2, 0.25) is 0 Å². The fraction of sp³-hybridized carbons (Fsp3) is 0.667. The van der Waals surface area contributed by atoms with E-state index in [9.17, 15) is 0 Å². The molecular formula is C6H14N2S2. The quantitative estimate of drug-likeness (QED) is 0.474. The molecule has 0 bridgehead atoms. The maximum absolute atomic E-state index is 5.31. The average Bonchev–Trinajstić information content (AvgIpc) is 1.97. The first-order valence-corrected chi connectivity index (χ1v) is 5.72. The standard InChI is InChI=1S/C6H14N2S2/c7-3-1-5-9-10-6-2-4-8/h1,3H,2,4-8H2/b3-1+. The first kappa shape index (κ1) is 10.2. The van der Waals surface area contributed by atoms with Crippen LogP contribution in [0.1, 0.15) is 6.42 Å². The minimum Gasteiger partial charge on any atom is -0.405 e. The van der Waals surface area contributed by atoms with E-state index in [0.29, 0.717) is 0 Å². The number of nitrogens with two attached hydrogens (primary N) is 2. The Balaban J connectivity index is 2.77. The molecule has 0 radical (unpaired) electrons. The maximum Gasteiger partial charge on any atom is 0.0234 e. The summed E-state index contributed by atoms with van der Waals surface area (Å²) >= 11 is 0. The van der Waals surface area contributed by atoms with Gasteiger partial charge in [-0.3, -0.25) is 0 Å². The van der Waals surface area contributed by atoms with Crippen molar-refractivity contribution in [3.8, 4) is 0 Å². The van der Waals surface area contributed by atoms with E-state index in [-0.39, 0.29) is 0 Å². The summed E-state index contributed by atoms with van der Waals surface area (Å²) in [5, 5.41) is 0. The molecule has 0 aromatic rings. The second-order valence-corrected chi connectivity index (χ2v) is 4.30. The zero-order chi connectivity index (χ0) is 7.66. The Labute approximate surface area is 70.2 Å². The van der Waals surface area contributed by atoms with Gasteiger partial charge in [0.25, 0.3) is 0 Å². The van der Waals surface area contributed by atoms with Gasteiger partial charge in [-0.05, 0) is 19.2 Å². The molecule has 0 aromatic heterocycles. The number of hydrogen-bond donors (Lipinski definition) is 2. The van der Waals surface area contributed by atoms with Crippen LogP contribution in [0, 0.1) is 0 Å². The molecule has 0 fully saturated rings. The van der Waals surface area contributed by atoms with Crippen LogP contribution in [0.25, 0.3) is 0 Å². The first-order chi connectivity index (χ1) is 4.91. The SMILES string of the molecule is N/C=C/CSSCCCN. The van der Waals surface area contributed by atoms with Gasteiger partial charge >= 0.3 is 0 Å². The summed E-state index contributed by atoms with van der Waals surface area (Å²) in [4.78, 5) is 0. The Morgan fingerprint density at radius 3 is 2.70 bits per heavy atom. The third kappa shape index (κ3) is 8.20. The highest BCUT2D eigenvalue weighted by Crippen LogP contribution is 2.21. The molecule has 60 valence electrons. The molecule has 4 N–H and O–H groups in total. The molecule has 2 nitrogen and oxygen atoms in total. The Bertz CT molecular complexity index is 85.8. The molecule has 0 heterocycles. The molecule has 0 aliphatic rings. The lowest BCUT2D eigenvalue weighted by molar-refractivity contribution is 0.946. The van der Waals surface area contributed by atoms with Crippen LogP contribution >= 0.6 is 21.6 Å². The zero-order valence-corrected chi connectivity index (χ0v) is 7.59. The summed E-state index contributed by atoms with van der Waals surface area (Å²) in [6, 6.07) is 0. The molecule has 0 aromatic carbocycles. The minimum atomic E-state index is 0.792. The monoisotopic (exact) mass is 178 g/mol. The Hall–Kier alpha value is 0.200. The van der Waals surface area contributed by atoms with E-state index < -0.39 is 0 Å². The van der Waals surface area contributed by atoms with Gasteiger partial charge in [0.1, 0.15) is 0 Å². The summed E-state index contributed by atoms with van der Waals surface area (Å²) in [5.41, 5.74) is 10.5. The average molecular weight is 178 g/mol. The van der Waals surface area contributed by atoms with Crippen molar-refractivity contribution in [1.82, 2.24) is 0 Å². The fourth-order valence-corrected chi connectivity index (χ4v) is 2.26. The lowest BCUT2D eigenvalue weighted by Crippen LogP contribution is -1.98. The molecule has 0 saturated carbocycles. The van der Waals surface area contributed by atoms with Crippen LogP contribution in [-0.2, 0) is 0 Å². The first-order valence-electron chi connectivity index (χ1n) is 3.23. The van der Waals surface area contributed by atoms with Crippen LogP contribution in [-0.4, -0.2) is 18.1 Å². The van der Waals surface area contributed by atoms with E-state index in [4.69, 9.17) is 11.5 Å². The third-order valence-corrected chi connectivity index (χ3v) is 3.17. The smallest absolute Gasteiger partial charge is 0.0234 e. The van der Waals surface area contributed by atoms with Crippen molar-refractivity contribution in [1.29, 1.82) is 0 Å². The van der Waals surface area contributed by atoms with Crippen molar-refractivity contribution < 1.29 is 0 Å². The van der Waals surface area contributed by atoms with E-state index in [2.05, 4.69) is 0 Å². The normalized spacial score (nSPS) is 10.9. The molecule has 0 saturated heterocycles. The fourth-order valence-electron chi connectivity index (χ4n) is 0.344. The molecule has 4 heteroatoms. The van der Waals surface area contributed by atoms with Gasteiger partial charge in [0.15, 0.2) is 0 Å². The molecule has 0 rings (SSSR count). The topological polar surface area (TPSA) is 52.0 Å². The van der Waals surface area contributed by atoms with E-state index >= 15 is 0 Å². The molecule has 0 atom stereocenters. The van der Waals surface area contributed by atoms with Crippen molar-refractivity contribution in [3.05, 3.63) is 12.3 Å². The van der Waals surface area contributed by atoms with Crippen LogP contribution in [0.5, 0.6) is 0 Å². The summed E-state index contributed by atoms with van der Waals surface area (Å²) in [7, 11) is 3.66. The molecule has 0 amide bonds. The van der Waals surface area contributed by atoms with Crippen molar-refractivity contribution in [2.75, 3.05) is 18.1 Å². The van der Waals surface area contributed by atoms with Gasteiger partial charge < -0.3 is 11.5 Å². The van der Waals surface area contributed by atoms with E-state index in [1.165, 1.54) is 0 Å². The van der Waals surface area contributed by atoms with Crippen molar-refractivity contribution in [2.45, 2.75) is 6.42 Å². The summed E-state index contributed by atoms with van der Waals surface area (Å²) in [6.45, 7) is 0.792. The molecule has 0 unspecified atom stereocenters. The van der Waals surface area contributed by atoms with Crippen molar-refractivity contribution in [3.63, 3.8) is 0 Å². The van der Waals surface area contributed by atoms with Gasteiger partial charge in [-0.25, -0.2) is 0 Å². The highest BCUT2D eigenvalue weighted by molar-refractivity contribution is 8.76. The van der Waals surface area contributed by atoms with Gasteiger partial charge in [0, 0.05) is 11.5 Å². The lowest BCUT2D eigenvalue weighted by Gasteiger charge is -1.94. The molecule has 0 aliphatic carbocycles. The maximum atomic E-state index is 5.31. The summed E-state index contributed by atoms with van der Waals surface area (Å²) in [6.07, 6.45) is 4.63. The zero-order valence-electron chi connectivity index (χ0n) is 5.95. The molecular weight excluding hydrogens is 164 g/mol. The van der Waals surface area contributed by atoms with Crippen LogP contribution in [0.15, 0.2) is 12.3 Å². The van der Waals surface area contributed by atoms with Gasteiger partial charge in [0.05, 0.1) is 0 Å². The Morgan fingerprint density at radius 1 is 1.30 bits per heavy atom. The summed E-state index contributed by atoms with van der Waals surface area (Å²) < 4.78 is 0. The van der Waals surface area contributed by atoms with E-state index in [1.807, 2.05) is 27.7 Å². The third-order valence-electron chi connectivity index (χ3n) is 0.815. The second kappa shape index (κ2) is 9.20. The van der Waals surface area contributed by atoms with Crippen LogP contribution < -0.4 is 11.5 Å². The highest BCUT2D eigenvalue weighted by atomic mass is 33.1. The second-order valence-electron chi connectivity index (χ2n) is 1.68. The molecule has 10 heavy (non-hydrogen) atoms. The van der Waals surface area contributed by atoms with E-state index in [1.54, 1.807) is 6.20 Å². The highest BCUT2D eigenvalue weighted by Gasteiger charge is 1.85. The number of rotatable bonds is 6. The van der Waals surface area contributed by atoms with Crippen LogP contribution in [0.2, 0.25) is 0 Å².